The van der Waals surface area contributed by atoms with Gasteiger partial charge in [-0.2, -0.15) is 5.26 Å². The molecule has 0 bridgehead atoms. The summed E-state index contributed by atoms with van der Waals surface area (Å²) < 4.78 is 26.0. The largest absolute Gasteiger partial charge is 0.268 e. The van der Waals surface area contributed by atoms with Crippen molar-refractivity contribution in [2.75, 3.05) is 11.4 Å². The number of hydrogen-bond acceptors (Lipinski definition) is 4. The third kappa shape index (κ3) is 2.59. The molecule has 5 nitrogen and oxygen atoms in total. The van der Waals surface area contributed by atoms with Gasteiger partial charge in [-0.15, -0.1) is 0 Å². The first-order valence-corrected chi connectivity index (χ1v) is 7.38. The van der Waals surface area contributed by atoms with Crippen LogP contribution in [-0.2, 0) is 10.0 Å². The lowest BCUT2D eigenvalue weighted by molar-refractivity contribution is 0.594. The van der Waals surface area contributed by atoms with Gasteiger partial charge in [0.05, 0.1) is 16.1 Å². The van der Waals surface area contributed by atoms with Crippen molar-refractivity contribution in [1.82, 2.24) is 4.98 Å². The number of rotatable bonds is 3. The van der Waals surface area contributed by atoms with Crippen LogP contribution in [0, 0.1) is 11.3 Å². The second kappa shape index (κ2) is 5.49. The number of halogens is 1. The number of pyridine rings is 1. The van der Waals surface area contributed by atoms with Gasteiger partial charge in [0.25, 0.3) is 10.0 Å². The van der Waals surface area contributed by atoms with Gasteiger partial charge in [-0.3, -0.25) is 4.31 Å². The molecule has 2 rings (SSSR count). The van der Waals surface area contributed by atoms with E-state index in [1.165, 1.54) is 25.4 Å². The summed E-state index contributed by atoms with van der Waals surface area (Å²) in [4.78, 5) is 3.77. The number of hydrogen-bond donors (Lipinski definition) is 0. The smallest absolute Gasteiger partial charge is 0.264 e. The summed E-state index contributed by atoms with van der Waals surface area (Å²) in [6.45, 7) is 0. The van der Waals surface area contributed by atoms with Crippen molar-refractivity contribution in [3.05, 3.63) is 53.3 Å². The number of nitriles is 1. The second-order valence-electron chi connectivity index (χ2n) is 3.92. The fraction of sp³-hybridized carbons (Fsp3) is 0.0769. The molecule has 2 aromatic rings. The standard InChI is InChI=1S/C13H10ClN3O2S/c1-17(12-5-3-2-4-10(12)9-15)20(18,19)11-6-7-16-13(14)8-11/h2-8H,1H3. The summed E-state index contributed by atoms with van der Waals surface area (Å²) in [5.41, 5.74) is 0.585. The summed E-state index contributed by atoms with van der Waals surface area (Å²) in [5, 5.41) is 9.14. The van der Waals surface area contributed by atoms with E-state index < -0.39 is 10.0 Å². The second-order valence-corrected chi connectivity index (χ2v) is 6.27. The number of para-hydroxylation sites is 1. The van der Waals surface area contributed by atoms with Crippen LogP contribution in [0.1, 0.15) is 5.56 Å². The normalized spacial score (nSPS) is 10.8. The Bertz CT molecular complexity index is 784. The zero-order chi connectivity index (χ0) is 14.8. The molecule has 0 aliphatic rings. The molecule has 0 saturated carbocycles. The number of benzene rings is 1. The quantitative estimate of drug-likeness (QED) is 0.816. The summed E-state index contributed by atoms with van der Waals surface area (Å²) in [5.74, 6) is 0. The molecule has 1 aromatic carbocycles. The van der Waals surface area contributed by atoms with Crippen LogP contribution < -0.4 is 4.31 Å². The molecule has 0 radical (unpaired) electrons. The molecular weight excluding hydrogens is 298 g/mol. The van der Waals surface area contributed by atoms with Crippen LogP contribution in [0.15, 0.2) is 47.5 Å². The molecule has 0 N–H and O–H groups in total. The summed E-state index contributed by atoms with van der Waals surface area (Å²) in [7, 11) is -2.40. The van der Waals surface area contributed by atoms with E-state index in [1.807, 2.05) is 6.07 Å². The molecule has 102 valence electrons. The number of aromatic nitrogens is 1. The highest BCUT2D eigenvalue weighted by atomic mass is 35.5. The van der Waals surface area contributed by atoms with Gasteiger partial charge in [0, 0.05) is 13.2 Å². The van der Waals surface area contributed by atoms with Crippen molar-refractivity contribution in [3.8, 4) is 6.07 Å². The average Bonchev–Trinajstić information content (AvgIpc) is 2.46. The van der Waals surface area contributed by atoms with E-state index in [0.29, 0.717) is 5.69 Å². The van der Waals surface area contributed by atoms with Crippen LogP contribution in [0.25, 0.3) is 0 Å². The maximum Gasteiger partial charge on any atom is 0.264 e. The molecule has 0 amide bonds. The molecule has 20 heavy (non-hydrogen) atoms. The molecule has 7 heteroatoms. The van der Waals surface area contributed by atoms with Crippen LogP contribution in [0.3, 0.4) is 0 Å². The molecule has 0 spiro atoms. The molecular formula is C13H10ClN3O2S. The van der Waals surface area contributed by atoms with Crippen molar-refractivity contribution in [2.24, 2.45) is 0 Å². The van der Waals surface area contributed by atoms with Gasteiger partial charge in [-0.1, -0.05) is 23.7 Å². The third-order valence-corrected chi connectivity index (χ3v) is 4.69. The van der Waals surface area contributed by atoms with E-state index in [2.05, 4.69) is 4.98 Å². The molecule has 0 saturated heterocycles. The number of sulfonamides is 1. The van der Waals surface area contributed by atoms with E-state index in [9.17, 15) is 8.42 Å². The molecule has 0 atom stereocenters. The van der Waals surface area contributed by atoms with Gasteiger partial charge >= 0.3 is 0 Å². The first-order valence-electron chi connectivity index (χ1n) is 5.56. The van der Waals surface area contributed by atoms with Crippen molar-refractivity contribution in [1.29, 1.82) is 5.26 Å². The number of nitrogens with zero attached hydrogens (tertiary/aromatic N) is 3. The van der Waals surface area contributed by atoms with Crippen LogP contribution >= 0.6 is 11.6 Å². The van der Waals surface area contributed by atoms with E-state index >= 15 is 0 Å². The molecule has 0 aliphatic carbocycles. The van der Waals surface area contributed by atoms with Gasteiger partial charge in [-0.05, 0) is 24.3 Å². The van der Waals surface area contributed by atoms with Gasteiger partial charge in [0.15, 0.2) is 0 Å². The molecule has 0 fully saturated rings. The first kappa shape index (κ1) is 14.3. The van der Waals surface area contributed by atoms with E-state index in [4.69, 9.17) is 16.9 Å². The Morgan fingerprint density at radius 3 is 2.65 bits per heavy atom. The van der Waals surface area contributed by atoms with Gasteiger partial charge in [0.1, 0.15) is 11.2 Å². The van der Waals surface area contributed by atoms with E-state index in [0.717, 1.165) is 4.31 Å². The fourth-order valence-corrected chi connectivity index (χ4v) is 3.14. The maximum atomic E-state index is 12.5. The van der Waals surface area contributed by atoms with Crippen LogP contribution in [0.4, 0.5) is 5.69 Å². The minimum absolute atomic E-state index is 0.0211. The lowest BCUT2D eigenvalue weighted by Gasteiger charge is -2.20. The average molecular weight is 308 g/mol. The van der Waals surface area contributed by atoms with Gasteiger partial charge in [-0.25, -0.2) is 13.4 Å². The van der Waals surface area contributed by atoms with E-state index in [-0.39, 0.29) is 15.6 Å². The summed E-state index contributed by atoms with van der Waals surface area (Å²) >= 11 is 5.71. The molecule has 0 aliphatic heterocycles. The summed E-state index contributed by atoms with van der Waals surface area (Å²) in [6, 6.07) is 11.1. The zero-order valence-electron chi connectivity index (χ0n) is 10.5. The third-order valence-electron chi connectivity index (χ3n) is 2.72. The van der Waals surface area contributed by atoms with Gasteiger partial charge < -0.3 is 0 Å². The highest BCUT2D eigenvalue weighted by Crippen LogP contribution is 2.25. The maximum absolute atomic E-state index is 12.5. The SMILES string of the molecule is CN(c1ccccc1C#N)S(=O)(=O)c1ccnc(Cl)c1. The minimum atomic E-state index is -3.79. The Balaban J connectivity index is 2.52. The Labute approximate surface area is 122 Å². The van der Waals surface area contributed by atoms with Crippen LogP contribution in [-0.4, -0.2) is 20.4 Å². The molecule has 1 heterocycles. The zero-order valence-corrected chi connectivity index (χ0v) is 12.1. The Kier molecular flexibility index (Phi) is 3.93. The highest BCUT2D eigenvalue weighted by molar-refractivity contribution is 7.92. The predicted octanol–water partition coefficient (Wildman–Crippen LogP) is 2.43. The lowest BCUT2D eigenvalue weighted by atomic mass is 10.2. The van der Waals surface area contributed by atoms with Crippen molar-refractivity contribution >= 4 is 27.3 Å². The highest BCUT2D eigenvalue weighted by Gasteiger charge is 2.23. The Morgan fingerprint density at radius 1 is 1.30 bits per heavy atom. The Hall–Kier alpha value is -2.10. The topological polar surface area (TPSA) is 74.1 Å². The number of anilines is 1. The van der Waals surface area contributed by atoms with Crippen LogP contribution in [0.2, 0.25) is 5.15 Å². The lowest BCUT2D eigenvalue weighted by Crippen LogP contribution is -2.27. The monoisotopic (exact) mass is 307 g/mol. The van der Waals surface area contributed by atoms with Crippen molar-refractivity contribution in [3.63, 3.8) is 0 Å². The molecule has 1 aromatic heterocycles. The van der Waals surface area contributed by atoms with Crippen LogP contribution in [0.5, 0.6) is 0 Å². The van der Waals surface area contributed by atoms with Crippen molar-refractivity contribution in [2.45, 2.75) is 4.90 Å². The first-order chi connectivity index (χ1) is 9.46. The summed E-state index contributed by atoms with van der Waals surface area (Å²) in [6.07, 6.45) is 1.32. The Morgan fingerprint density at radius 2 is 2.00 bits per heavy atom. The van der Waals surface area contributed by atoms with Gasteiger partial charge in [0.2, 0.25) is 0 Å². The fourth-order valence-electron chi connectivity index (χ4n) is 1.68. The minimum Gasteiger partial charge on any atom is -0.268 e. The van der Waals surface area contributed by atoms with E-state index in [1.54, 1.807) is 24.3 Å². The predicted molar refractivity (Wildman–Crippen MR) is 76.0 cm³/mol. The molecule has 0 unspecified atom stereocenters. The van der Waals surface area contributed by atoms with Crippen molar-refractivity contribution < 1.29 is 8.42 Å².